The number of sulfonamides is 1. The van der Waals surface area contributed by atoms with Gasteiger partial charge in [-0.3, -0.25) is 4.57 Å². The molecule has 0 spiro atoms. The second-order valence-electron chi connectivity index (χ2n) is 4.36. The smallest absolute Gasteiger partial charge is 0.273 e. The third-order valence-corrected chi connectivity index (χ3v) is 4.05. The molecule has 0 bridgehead atoms. The molecule has 0 saturated heterocycles. The zero-order valence-electron chi connectivity index (χ0n) is 11.4. The van der Waals surface area contributed by atoms with Gasteiger partial charge in [0, 0.05) is 25.1 Å². The first-order valence-corrected chi connectivity index (χ1v) is 8.03. The summed E-state index contributed by atoms with van der Waals surface area (Å²) in [4.78, 5) is 0. The predicted octanol–water partition coefficient (Wildman–Crippen LogP) is 0.816. The zero-order valence-corrected chi connectivity index (χ0v) is 12.9. The minimum Gasteiger partial charge on any atom is -0.383 e. The van der Waals surface area contributed by atoms with Crippen LogP contribution in [0.25, 0.3) is 0 Å². The van der Waals surface area contributed by atoms with Crippen molar-refractivity contribution in [2.45, 2.75) is 18.1 Å². The molecule has 0 aliphatic heterocycles. The van der Waals surface area contributed by atoms with Crippen LogP contribution in [0.5, 0.6) is 0 Å². The molecule has 0 unspecified atom stereocenters. The Kier molecular flexibility index (Phi) is 4.94. The average Bonchev–Trinajstić information content (AvgIpc) is 2.82. The maximum atomic E-state index is 11.5. The van der Waals surface area contributed by atoms with Crippen LogP contribution in [-0.4, -0.2) is 36.9 Å². The number of aromatic nitrogens is 3. The molecule has 7 nitrogen and oxygen atoms in total. The van der Waals surface area contributed by atoms with E-state index in [0.717, 1.165) is 5.56 Å². The fourth-order valence-electron chi connectivity index (χ4n) is 1.88. The standard InChI is InChI=1S/C12H15ClN4O3S/c1-20-7-6-17-11(15-16-12(17)21(14,18)19)8-9-4-2-3-5-10(9)13/h2-5H,6-8H2,1H3,(H2,14,18,19). The molecule has 0 fully saturated rings. The third-order valence-electron chi connectivity index (χ3n) is 2.87. The molecule has 0 radical (unpaired) electrons. The number of halogens is 1. The molecular formula is C12H15ClN4O3S. The van der Waals surface area contributed by atoms with E-state index in [0.29, 0.717) is 23.9 Å². The van der Waals surface area contributed by atoms with Gasteiger partial charge in [0.05, 0.1) is 6.61 Å². The van der Waals surface area contributed by atoms with E-state index in [-0.39, 0.29) is 11.7 Å². The Morgan fingerprint density at radius 2 is 2.05 bits per heavy atom. The lowest BCUT2D eigenvalue weighted by atomic mass is 10.1. The second kappa shape index (κ2) is 6.52. The lowest BCUT2D eigenvalue weighted by molar-refractivity contribution is 0.183. The van der Waals surface area contributed by atoms with Crippen LogP contribution in [0, 0.1) is 0 Å². The normalized spacial score (nSPS) is 11.8. The van der Waals surface area contributed by atoms with Gasteiger partial charge >= 0.3 is 0 Å². The summed E-state index contributed by atoms with van der Waals surface area (Å²) in [6.45, 7) is 0.602. The van der Waals surface area contributed by atoms with Crippen LogP contribution in [0.2, 0.25) is 5.02 Å². The highest BCUT2D eigenvalue weighted by Gasteiger charge is 2.21. The summed E-state index contributed by atoms with van der Waals surface area (Å²) < 4.78 is 29.5. The molecule has 2 N–H and O–H groups in total. The number of hydrogen-bond acceptors (Lipinski definition) is 5. The summed E-state index contributed by atoms with van der Waals surface area (Å²) in [7, 11) is -2.42. The summed E-state index contributed by atoms with van der Waals surface area (Å²) in [6, 6.07) is 7.26. The van der Waals surface area contributed by atoms with Crippen LogP contribution in [-0.2, 0) is 27.7 Å². The topological polar surface area (TPSA) is 100 Å². The molecule has 9 heteroatoms. The van der Waals surface area contributed by atoms with Gasteiger partial charge in [-0.25, -0.2) is 13.6 Å². The van der Waals surface area contributed by atoms with E-state index < -0.39 is 10.0 Å². The summed E-state index contributed by atoms with van der Waals surface area (Å²) in [6.07, 6.45) is 0.353. The average molecular weight is 331 g/mol. The van der Waals surface area contributed by atoms with Crippen molar-refractivity contribution >= 4 is 21.6 Å². The first-order chi connectivity index (χ1) is 9.93. The number of benzene rings is 1. The van der Waals surface area contributed by atoms with Crippen molar-refractivity contribution in [2.75, 3.05) is 13.7 Å². The number of nitrogens with two attached hydrogens (primary N) is 1. The molecule has 1 aromatic heterocycles. The minimum absolute atomic E-state index is 0.276. The van der Waals surface area contributed by atoms with Crippen molar-refractivity contribution < 1.29 is 13.2 Å². The van der Waals surface area contributed by atoms with Crippen molar-refractivity contribution in [3.8, 4) is 0 Å². The van der Waals surface area contributed by atoms with Gasteiger partial charge in [-0.05, 0) is 11.6 Å². The fourth-order valence-corrected chi connectivity index (χ4v) is 2.74. The molecular weight excluding hydrogens is 316 g/mol. The molecule has 114 valence electrons. The predicted molar refractivity (Wildman–Crippen MR) is 77.5 cm³/mol. The Hall–Kier alpha value is -1.48. The van der Waals surface area contributed by atoms with Crippen molar-refractivity contribution in [1.82, 2.24) is 14.8 Å². The van der Waals surface area contributed by atoms with Gasteiger partial charge in [0.2, 0.25) is 0 Å². The summed E-state index contributed by atoms with van der Waals surface area (Å²) in [5.74, 6) is 0.462. The molecule has 2 rings (SSSR count). The Bertz CT molecular complexity index is 730. The molecule has 1 heterocycles. The van der Waals surface area contributed by atoms with Crippen LogP contribution < -0.4 is 5.14 Å². The summed E-state index contributed by atoms with van der Waals surface area (Å²) in [5.41, 5.74) is 0.825. The van der Waals surface area contributed by atoms with Gasteiger partial charge in [0.25, 0.3) is 15.2 Å². The number of primary sulfonamides is 1. The fraction of sp³-hybridized carbons (Fsp3) is 0.333. The third kappa shape index (κ3) is 3.79. The van der Waals surface area contributed by atoms with Gasteiger partial charge in [0.1, 0.15) is 5.82 Å². The van der Waals surface area contributed by atoms with Crippen molar-refractivity contribution in [1.29, 1.82) is 0 Å². The summed E-state index contributed by atoms with van der Waals surface area (Å²) >= 11 is 6.10. The lowest BCUT2D eigenvalue weighted by Gasteiger charge is -2.09. The van der Waals surface area contributed by atoms with Gasteiger partial charge in [-0.2, -0.15) is 0 Å². The highest BCUT2D eigenvalue weighted by Crippen LogP contribution is 2.19. The van der Waals surface area contributed by atoms with Crippen LogP contribution in [0.4, 0.5) is 0 Å². The number of ether oxygens (including phenoxy) is 1. The number of methoxy groups -OCH3 is 1. The highest BCUT2D eigenvalue weighted by atomic mass is 35.5. The van der Waals surface area contributed by atoms with Crippen molar-refractivity contribution in [2.24, 2.45) is 5.14 Å². The molecule has 21 heavy (non-hydrogen) atoms. The highest BCUT2D eigenvalue weighted by molar-refractivity contribution is 7.89. The van der Waals surface area contributed by atoms with Gasteiger partial charge in [0.15, 0.2) is 0 Å². The van der Waals surface area contributed by atoms with Gasteiger partial charge in [-0.1, -0.05) is 29.8 Å². The van der Waals surface area contributed by atoms with E-state index in [1.54, 1.807) is 6.07 Å². The van der Waals surface area contributed by atoms with Crippen molar-refractivity contribution in [3.63, 3.8) is 0 Å². The van der Waals surface area contributed by atoms with E-state index in [4.69, 9.17) is 21.5 Å². The van der Waals surface area contributed by atoms with Gasteiger partial charge < -0.3 is 4.74 Å². The molecule has 0 amide bonds. The quantitative estimate of drug-likeness (QED) is 0.845. The van der Waals surface area contributed by atoms with Crippen molar-refractivity contribution in [3.05, 3.63) is 40.7 Å². The van der Waals surface area contributed by atoms with Crippen LogP contribution in [0.1, 0.15) is 11.4 Å². The Balaban J connectivity index is 2.40. The SMILES string of the molecule is COCCn1c(Cc2ccccc2Cl)nnc1S(N)(=O)=O. The molecule has 0 aliphatic rings. The van der Waals surface area contributed by atoms with E-state index >= 15 is 0 Å². The molecule has 0 saturated carbocycles. The van der Waals surface area contributed by atoms with E-state index in [1.165, 1.54) is 11.7 Å². The number of rotatable bonds is 6. The van der Waals surface area contributed by atoms with E-state index in [1.807, 2.05) is 18.2 Å². The van der Waals surface area contributed by atoms with E-state index in [9.17, 15) is 8.42 Å². The van der Waals surface area contributed by atoms with Gasteiger partial charge in [-0.15, -0.1) is 10.2 Å². The molecule has 1 aromatic carbocycles. The number of hydrogen-bond donors (Lipinski definition) is 1. The maximum absolute atomic E-state index is 11.5. The largest absolute Gasteiger partial charge is 0.383 e. The number of nitrogens with zero attached hydrogens (tertiary/aromatic N) is 3. The monoisotopic (exact) mass is 330 g/mol. The zero-order chi connectivity index (χ0) is 15.5. The first kappa shape index (κ1) is 15.9. The Morgan fingerprint density at radius 3 is 2.67 bits per heavy atom. The molecule has 0 atom stereocenters. The van der Waals surface area contributed by atoms with Crippen LogP contribution >= 0.6 is 11.6 Å². The minimum atomic E-state index is -3.94. The second-order valence-corrected chi connectivity index (χ2v) is 6.22. The Morgan fingerprint density at radius 1 is 1.33 bits per heavy atom. The molecule has 2 aromatic rings. The Labute approximate surface area is 127 Å². The molecule has 0 aliphatic carbocycles. The lowest BCUT2D eigenvalue weighted by Crippen LogP contribution is -2.21. The van der Waals surface area contributed by atoms with E-state index in [2.05, 4.69) is 10.2 Å². The first-order valence-electron chi connectivity index (χ1n) is 6.10. The van der Waals surface area contributed by atoms with Crippen LogP contribution in [0.3, 0.4) is 0 Å². The summed E-state index contributed by atoms with van der Waals surface area (Å²) in [5, 5.41) is 13.0. The maximum Gasteiger partial charge on any atom is 0.273 e. The van der Waals surface area contributed by atoms with Crippen LogP contribution in [0.15, 0.2) is 29.4 Å².